The molecule has 3 fully saturated rings. The fourth-order valence-electron chi connectivity index (χ4n) is 12.9. The van der Waals surface area contributed by atoms with Crippen LogP contribution in [0.4, 0.5) is 4.79 Å². The first-order valence-corrected chi connectivity index (χ1v) is 33.3. The van der Waals surface area contributed by atoms with Crippen molar-refractivity contribution in [1.29, 1.82) is 0 Å². The van der Waals surface area contributed by atoms with Crippen LogP contribution in [0.2, 0.25) is 10.0 Å². The molecular weight excluding hydrogens is 1410 g/mol. The Labute approximate surface area is 601 Å². The third kappa shape index (κ3) is 16.5. The summed E-state index contributed by atoms with van der Waals surface area (Å²) < 4.78 is 49.8. The summed E-state index contributed by atoms with van der Waals surface area (Å²) in [6, 6.07) is 2.59. The molecule has 7 heterocycles. The Bertz CT molecular complexity index is 4190. The van der Waals surface area contributed by atoms with E-state index in [9.17, 15) is 74.4 Å². The Morgan fingerprint density at radius 3 is 2.03 bits per heavy atom. The van der Waals surface area contributed by atoms with Crippen molar-refractivity contribution in [2.75, 3.05) is 20.8 Å². The number of aliphatic carboxylic acids is 1. The van der Waals surface area contributed by atoms with E-state index >= 15 is 9.59 Å². The van der Waals surface area contributed by atoms with Gasteiger partial charge in [-0.2, -0.15) is 0 Å². The minimum absolute atomic E-state index is 0.0943. The van der Waals surface area contributed by atoms with Crippen molar-refractivity contribution in [1.82, 2.24) is 37.2 Å². The van der Waals surface area contributed by atoms with E-state index in [1.807, 2.05) is 13.8 Å². The maximum atomic E-state index is 15.9. The average Bonchev–Trinajstić information content (AvgIpc) is 1.10. The van der Waals surface area contributed by atoms with E-state index in [4.69, 9.17) is 72.6 Å². The molecule has 7 aliphatic heterocycles. The van der Waals surface area contributed by atoms with Crippen molar-refractivity contribution >= 4 is 76.6 Å². The zero-order chi connectivity index (χ0) is 75.7. The quantitative estimate of drug-likeness (QED) is 0.0707. The number of rotatable bonds is 15. The van der Waals surface area contributed by atoms with Gasteiger partial charge in [0.1, 0.15) is 77.3 Å². The molecule has 17 unspecified atom stereocenters. The van der Waals surface area contributed by atoms with Crippen LogP contribution in [0.15, 0.2) is 78.9 Å². The van der Waals surface area contributed by atoms with E-state index in [0.717, 1.165) is 67.8 Å². The molecule has 36 heteroatoms. The summed E-state index contributed by atoms with van der Waals surface area (Å²) in [5, 5.41) is 109. The Morgan fingerprint density at radius 2 is 1.42 bits per heavy atom. The molecule has 7 aliphatic rings. The van der Waals surface area contributed by atoms with Gasteiger partial charge >= 0.3 is 12.1 Å². The Morgan fingerprint density at radius 1 is 0.769 bits per heavy atom. The van der Waals surface area contributed by atoms with Crippen LogP contribution in [0.1, 0.15) is 112 Å². The number of phenolic OH excluding ortho intramolecular Hbond substituents is 2. The zero-order valence-electron chi connectivity index (χ0n) is 56.3. The average molecular weight is 1490 g/mol. The molecule has 12 rings (SSSR count). The van der Waals surface area contributed by atoms with Gasteiger partial charge in [-0.3, -0.25) is 33.6 Å². The van der Waals surface area contributed by atoms with Crippen LogP contribution in [0, 0.1) is 5.92 Å². The number of hydrogen-bond acceptors (Lipinski definition) is 25. The number of carbonyl (C=O) groups is 9. The predicted molar refractivity (Wildman–Crippen MR) is 359 cm³/mol. The molecule has 104 heavy (non-hydrogen) atoms. The van der Waals surface area contributed by atoms with Gasteiger partial charge < -0.3 is 127 Å². The van der Waals surface area contributed by atoms with E-state index in [1.165, 1.54) is 25.2 Å². The van der Waals surface area contributed by atoms with Gasteiger partial charge in [-0.15, -0.1) is 0 Å². The fourth-order valence-corrected chi connectivity index (χ4v) is 13.4. The van der Waals surface area contributed by atoms with Crippen molar-refractivity contribution in [3.63, 3.8) is 0 Å². The number of hydrogen-bond donors (Lipinski definition) is 17. The Hall–Kier alpha value is -9.85. The summed E-state index contributed by atoms with van der Waals surface area (Å²) >= 11 is 14.1. The zero-order valence-corrected chi connectivity index (χ0v) is 57.8. The standard InChI is InChI=1S/C68H77Cl2N9O25/c1-25(2)13-36(73-5)61(90)78-53-54(86)29-9-12-41(35(70)16-29)100-44-18-30-17-43(57(44)103-66-58(56(88)55(87)45(24-80)101-66)102-48-23-68(4)59(26(3)98-48)104-67(96)79-68)99-40-11-8-27(15-34(40)69)39(83)22-47(85)75-52(65(94)95)33-19-31(81)20-42(97-6)49(33)32-14-28(7-10-38(32)82)50(60(72)89)76-63(92)51(30)77-62(91)37(21-46(71)84)74-64(53)93/h7-12,14-20,25-26,36-37,39,45,48,50-56,58-59,66,73,80-83,86-88H,13,21-24H2,1-6H3,(H2,71,84)(H2,72,89)(H,74,93)(H,75,85)(H,76,92)(H,77,91)(H,78,90)(H,79,96)(H,94,95). The van der Waals surface area contributed by atoms with Gasteiger partial charge in [-0.25, -0.2) is 9.59 Å². The minimum Gasteiger partial charge on any atom is -0.508 e. The summed E-state index contributed by atoms with van der Waals surface area (Å²) in [4.78, 5) is 127. The monoisotopic (exact) mass is 1490 g/mol. The summed E-state index contributed by atoms with van der Waals surface area (Å²) in [6.45, 7) is 5.90. The lowest BCUT2D eigenvalue weighted by Gasteiger charge is -2.46. The number of ether oxygens (including phenoxy) is 8. The number of halogens is 2. The third-order valence-electron chi connectivity index (χ3n) is 18.1. The van der Waals surface area contributed by atoms with Crippen LogP contribution in [-0.2, 0) is 57.3 Å². The highest BCUT2D eigenvalue weighted by Gasteiger charge is 2.56. The van der Waals surface area contributed by atoms with Crippen molar-refractivity contribution in [2.24, 2.45) is 17.4 Å². The largest absolute Gasteiger partial charge is 0.508 e. The first-order chi connectivity index (χ1) is 49.2. The molecule has 0 spiro atoms. The van der Waals surface area contributed by atoms with Crippen LogP contribution in [0.25, 0.3) is 11.1 Å². The number of fused-ring (bicyclic) bond motifs is 17. The molecule has 5 aromatic rings. The number of carboxylic acid groups (broad SMARTS) is 1. The molecule has 8 amide bonds. The second-order valence-electron chi connectivity index (χ2n) is 26.1. The van der Waals surface area contributed by atoms with Gasteiger partial charge in [0.2, 0.25) is 53.4 Å². The molecule has 5 aromatic carbocycles. The van der Waals surface area contributed by atoms with Gasteiger partial charge in [0.15, 0.2) is 36.0 Å². The molecule has 3 saturated heterocycles. The predicted octanol–water partition coefficient (Wildman–Crippen LogP) is 1.58. The number of aromatic hydroxyl groups is 2. The molecule has 0 aliphatic carbocycles. The molecule has 0 saturated carbocycles. The van der Waals surface area contributed by atoms with E-state index in [0.29, 0.717) is 0 Å². The number of carbonyl (C=O) groups excluding carboxylic acids is 8. The number of likely N-dealkylation sites (N-methyl/N-ethyl adjacent to an activating group) is 1. The van der Waals surface area contributed by atoms with Crippen molar-refractivity contribution < 1.29 is 122 Å². The Kier molecular flexibility index (Phi) is 23.3. The van der Waals surface area contributed by atoms with E-state index < -0.39 is 216 Å². The van der Waals surface area contributed by atoms with Gasteiger partial charge in [-0.1, -0.05) is 55.2 Å². The molecule has 17 atom stereocenters. The number of carboxylic acids is 1. The molecule has 9 bridgehead atoms. The number of aliphatic hydroxyl groups excluding tert-OH is 5. The summed E-state index contributed by atoms with van der Waals surface area (Å²) in [6.07, 6.45) is -19.1. The van der Waals surface area contributed by atoms with Gasteiger partial charge in [0, 0.05) is 29.2 Å². The van der Waals surface area contributed by atoms with Crippen LogP contribution in [0.5, 0.6) is 46.0 Å². The molecule has 558 valence electrons. The van der Waals surface area contributed by atoms with Crippen LogP contribution in [-0.4, -0.2) is 188 Å². The summed E-state index contributed by atoms with van der Waals surface area (Å²) in [7, 11) is 2.59. The maximum absolute atomic E-state index is 15.9. The smallest absolute Gasteiger partial charge is 0.408 e. The van der Waals surface area contributed by atoms with Crippen molar-refractivity contribution in [3.8, 4) is 57.1 Å². The number of nitrogens with two attached hydrogens (primary N) is 2. The number of primary amides is 2. The second-order valence-corrected chi connectivity index (χ2v) is 26.9. The lowest BCUT2D eigenvalue weighted by molar-refractivity contribution is -0.332. The summed E-state index contributed by atoms with van der Waals surface area (Å²) in [5.41, 5.74) is 8.56. The highest BCUT2D eigenvalue weighted by atomic mass is 35.5. The molecule has 0 radical (unpaired) electrons. The third-order valence-corrected chi connectivity index (χ3v) is 18.7. The van der Waals surface area contributed by atoms with Crippen molar-refractivity contribution in [2.45, 2.75) is 157 Å². The van der Waals surface area contributed by atoms with E-state index in [1.54, 1.807) is 13.8 Å². The van der Waals surface area contributed by atoms with Crippen LogP contribution in [0.3, 0.4) is 0 Å². The normalized spacial score (nSPS) is 28.2. The van der Waals surface area contributed by atoms with E-state index in [-0.39, 0.29) is 73.9 Å². The minimum atomic E-state index is -2.31. The molecule has 19 N–H and O–H groups in total. The molecule has 0 aromatic heterocycles. The van der Waals surface area contributed by atoms with E-state index in [2.05, 4.69) is 37.2 Å². The number of methoxy groups -OCH3 is 1. The molecule has 34 nitrogen and oxygen atoms in total. The van der Waals surface area contributed by atoms with Crippen LogP contribution < -0.4 is 67.6 Å². The van der Waals surface area contributed by atoms with Gasteiger partial charge in [-0.05, 0) is 110 Å². The topological polar surface area (TPSA) is 526 Å². The van der Waals surface area contributed by atoms with Gasteiger partial charge in [0.25, 0.3) is 0 Å². The highest BCUT2D eigenvalue weighted by Crippen LogP contribution is 2.50. The lowest BCUT2D eigenvalue weighted by atomic mass is 9.86. The Balaban J connectivity index is 1.22. The number of phenols is 2. The lowest BCUT2D eigenvalue weighted by Crippen LogP contribution is -2.63. The first-order valence-electron chi connectivity index (χ1n) is 32.5. The second kappa shape index (κ2) is 31.6. The number of benzene rings is 5. The maximum Gasteiger partial charge on any atom is 0.408 e. The highest BCUT2D eigenvalue weighted by molar-refractivity contribution is 6.32. The number of aliphatic hydroxyl groups is 5. The number of amides is 8. The fraction of sp³-hybridized carbons (Fsp3) is 0.426. The first kappa shape index (κ1) is 76.8. The van der Waals surface area contributed by atoms with Crippen LogP contribution >= 0.6 is 23.2 Å². The van der Waals surface area contributed by atoms with Crippen molar-refractivity contribution in [3.05, 3.63) is 117 Å². The SMILES string of the molecule is CNC(CC(C)C)C(=O)NC1C(=O)NC(CC(N)=O)C(=O)NC2C(=O)NC(C(N)=O)c3ccc(O)c(c3)-c3c(OC)cc(O)cc3C(C(=O)O)NC(=O)CC(O)c3ccc(c(Cl)c3)Oc3cc2cc(c3OC2OC(CO)C(O)C(O)C2OC2CC3(C)NC(=O)OC3C(C)O2)Oc2ccc(cc2Cl)C1O. The molecular formula is C68H77Cl2N9O25. The number of nitrogens with one attached hydrogen (secondary N) is 7. The van der Waals surface area contributed by atoms with Gasteiger partial charge in [0.05, 0.1) is 60.4 Å². The summed E-state index contributed by atoms with van der Waals surface area (Å²) in [5.74, 6) is -14.7. The number of alkyl carbamates (subject to hydrolysis) is 1.